The summed E-state index contributed by atoms with van der Waals surface area (Å²) in [6.45, 7) is 6.14. The van der Waals surface area contributed by atoms with Crippen molar-refractivity contribution in [2.24, 2.45) is 0 Å². The third-order valence-corrected chi connectivity index (χ3v) is 4.53. The van der Waals surface area contributed by atoms with Crippen LogP contribution in [0.5, 0.6) is 11.5 Å². The summed E-state index contributed by atoms with van der Waals surface area (Å²) < 4.78 is 46.4. The summed E-state index contributed by atoms with van der Waals surface area (Å²) >= 11 is 0. The zero-order valence-electron chi connectivity index (χ0n) is 16.7. The van der Waals surface area contributed by atoms with E-state index in [0.717, 1.165) is 11.1 Å². The van der Waals surface area contributed by atoms with Gasteiger partial charge < -0.3 is 19.3 Å². The van der Waals surface area contributed by atoms with Crippen molar-refractivity contribution in [3.8, 4) is 11.5 Å². The first-order chi connectivity index (χ1) is 14.1. The molecule has 1 atom stereocenters. The number of alkyl halides is 3. The van der Waals surface area contributed by atoms with Gasteiger partial charge >= 0.3 is 6.36 Å². The predicted molar refractivity (Wildman–Crippen MR) is 104 cm³/mol. The molecule has 1 aromatic heterocycles. The lowest BCUT2D eigenvalue weighted by molar-refractivity contribution is -0.274. The molecule has 1 N–H and O–H groups in total. The first-order valence-corrected chi connectivity index (χ1v) is 9.36. The summed E-state index contributed by atoms with van der Waals surface area (Å²) in [5, 5.41) is 13.6. The van der Waals surface area contributed by atoms with E-state index in [1.54, 1.807) is 36.4 Å². The van der Waals surface area contributed by atoms with Gasteiger partial charge in [-0.25, -0.2) is 0 Å². The molecule has 0 bridgehead atoms. The van der Waals surface area contributed by atoms with Gasteiger partial charge in [0.1, 0.15) is 11.5 Å². The van der Waals surface area contributed by atoms with Crippen molar-refractivity contribution in [3.63, 3.8) is 0 Å². The second kappa shape index (κ2) is 8.64. The van der Waals surface area contributed by atoms with Gasteiger partial charge in [-0.1, -0.05) is 38.1 Å². The van der Waals surface area contributed by atoms with Crippen LogP contribution < -0.4 is 9.64 Å². The van der Waals surface area contributed by atoms with Gasteiger partial charge in [0, 0.05) is 12.5 Å². The molecule has 9 heteroatoms. The number of hydrogen-bond acceptors (Lipinski definition) is 6. The van der Waals surface area contributed by atoms with Gasteiger partial charge in [0.25, 0.3) is 5.95 Å². The molecule has 30 heavy (non-hydrogen) atoms. The van der Waals surface area contributed by atoms with Gasteiger partial charge in [-0.05, 0) is 47.5 Å². The number of anilines is 1. The first kappa shape index (κ1) is 21.5. The molecule has 0 aliphatic heterocycles. The molecule has 0 saturated carbocycles. The van der Waals surface area contributed by atoms with Crippen molar-refractivity contribution in [2.45, 2.75) is 45.6 Å². The molecular formula is C21H22F3N3O3. The minimum atomic E-state index is -4.74. The van der Waals surface area contributed by atoms with E-state index < -0.39 is 6.36 Å². The second-order valence-corrected chi connectivity index (χ2v) is 7.17. The Morgan fingerprint density at radius 2 is 1.67 bits per heavy atom. The Hall–Kier alpha value is -3.23. The largest absolute Gasteiger partial charge is 0.573 e. The highest BCUT2D eigenvalue weighted by molar-refractivity contribution is 5.39. The number of phenolic OH excluding ortho intramolecular Hbond substituents is 1. The molecule has 0 aliphatic carbocycles. The highest BCUT2D eigenvalue weighted by Crippen LogP contribution is 2.30. The summed E-state index contributed by atoms with van der Waals surface area (Å²) in [6.07, 6.45) is -4.74. The molecule has 6 nitrogen and oxygen atoms in total. The lowest BCUT2D eigenvalue weighted by Gasteiger charge is -2.28. The van der Waals surface area contributed by atoms with Gasteiger partial charge in [-0.3, -0.25) is 0 Å². The zero-order chi connectivity index (χ0) is 21.9. The zero-order valence-corrected chi connectivity index (χ0v) is 16.7. The third kappa shape index (κ3) is 5.43. The van der Waals surface area contributed by atoms with Crippen LogP contribution in [0.15, 0.2) is 53.1 Å². The van der Waals surface area contributed by atoms with Crippen LogP contribution >= 0.6 is 0 Å². The summed E-state index contributed by atoms with van der Waals surface area (Å²) in [6, 6.07) is 12.2. The van der Waals surface area contributed by atoms with Crippen molar-refractivity contribution in [1.82, 2.24) is 10.1 Å². The molecule has 0 radical (unpaired) electrons. The van der Waals surface area contributed by atoms with E-state index in [1.165, 1.54) is 12.1 Å². The normalized spacial score (nSPS) is 12.8. The van der Waals surface area contributed by atoms with Gasteiger partial charge in [-0.2, -0.15) is 4.98 Å². The van der Waals surface area contributed by atoms with Gasteiger partial charge in [-0.15, -0.1) is 13.2 Å². The summed E-state index contributed by atoms with van der Waals surface area (Å²) in [4.78, 5) is 6.34. The maximum atomic E-state index is 12.4. The Labute approximate surface area is 171 Å². The van der Waals surface area contributed by atoms with Crippen LogP contribution in [-0.4, -0.2) is 21.6 Å². The fraction of sp³-hybridized carbons (Fsp3) is 0.333. The van der Waals surface area contributed by atoms with E-state index in [1.807, 2.05) is 25.7 Å². The van der Waals surface area contributed by atoms with Crippen LogP contribution in [0.25, 0.3) is 0 Å². The van der Waals surface area contributed by atoms with Crippen molar-refractivity contribution in [2.75, 3.05) is 4.90 Å². The van der Waals surface area contributed by atoms with E-state index in [2.05, 4.69) is 14.9 Å². The molecule has 3 aromatic rings. The Kier molecular flexibility index (Phi) is 6.19. The summed E-state index contributed by atoms with van der Waals surface area (Å²) in [7, 11) is 0. The van der Waals surface area contributed by atoms with Crippen molar-refractivity contribution in [3.05, 3.63) is 65.5 Å². The molecule has 0 spiro atoms. The topological polar surface area (TPSA) is 71.6 Å². The highest BCUT2D eigenvalue weighted by Gasteiger charge is 2.31. The average Bonchev–Trinajstić information content (AvgIpc) is 3.16. The molecule has 0 fully saturated rings. The minimum Gasteiger partial charge on any atom is -0.508 e. The number of benzene rings is 2. The monoisotopic (exact) mass is 421 g/mol. The number of nitrogens with zero attached hydrogens (tertiary/aromatic N) is 3. The van der Waals surface area contributed by atoms with Gasteiger partial charge in [0.05, 0.1) is 6.04 Å². The van der Waals surface area contributed by atoms with Crippen LogP contribution in [0.2, 0.25) is 0 Å². The number of aromatic nitrogens is 2. The minimum absolute atomic E-state index is 0.0517. The molecule has 0 aliphatic rings. The molecule has 160 valence electrons. The number of halogens is 3. The van der Waals surface area contributed by atoms with Crippen molar-refractivity contribution >= 4 is 5.95 Å². The van der Waals surface area contributed by atoms with Crippen LogP contribution in [0, 0.1) is 0 Å². The van der Waals surface area contributed by atoms with Crippen LogP contribution in [0.3, 0.4) is 0 Å². The number of rotatable bonds is 7. The maximum Gasteiger partial charge on any atom is 0.573 e. The van der Waals surface area contributed by atoms with E-state index >= 15 is 0 Å². The van der Waals surface area contributed by atoms with Crippen molar-refractivity contribution < 1.29 is 27.5 Å². The summed E-state index contributed by atoms with van der Waals surface area (Å²) in [5.41, 5.74) is 1.65. The van der Waals surface area contributed by atoms with E-state index in [-0.39, 0.29) is 23.5 Å². The fourth-order valence-corrected chi connectivity index (χ4v) is 2.89. The standard InChI is InChI=1S/C21H22F3N3O3/c1-13(2)19-25-20(26-30-19)27(14(3)16-6-8-17(28)9-7-16)12-15-4-10-18(11-5-15)29-21(22,23)24/h4-11,13-14,28H,12H2,1-3H3. The molecule has 1 heterocycles. The Morgan fingerprint density at radius 1 is 1.03 bits per heavy atom. The predicted octanol–water partition coefficient (Wildman–Crippen LogP) is 5.57. The first-order valence-electron chi connectivity index (χ1n) is 9.36. The number of phenols is 1. The smallest absolute Gasteiger partial charge is 0.508 e. The molecule has 0 saturated heterocycles. The lowest BCUT2D eigenvalue weighted by atomic mass is 10.1. The molecular weight excluding hydrogens is 399 g/mol. The van der Waals surface area contributed by atoms with Gasteiger partial charge in [0.2, 0.25) is 5.89 Å². The fourth-order valence-electron chi connectivity index (χ4n) is 2.89. The van der Waals surface area contributed by atoms with Crippen LogP contribution in [0.4, 0.5) is 19.1 Å². The van der Waals surface area contributed by atoms with E-state index in [4.69, 9.17) is 4.52 Å². The maximum absolute atomic E-state index is 12.4. The Bertz CT molecular complexity index is 954. The number of hydrogen-bond donors (Lipinski definition) is 1. The number of aromatic hydroxyl groups is 1. The summed E-state index contributed by atoms with van der Waals surface area (Å²) in [5.74, 6) is 0.776. The molecule has 1 unspecified atom stereocenters. The second-order valence-electron chi connectivity index (χ2n) is 7.17. The molecule has 3 rings (SSSR count). The average molecular weight is 421 g/mol. The van der Waals surface area contributed by atoms with Crippen LogP contribution in [-0.2, 0) is 6.54 Å². The lowest BCUT2D eigenvalue weighted by Crippen LogP contribution is -2.27. The Morgan fingerprint density at radius 3 is 2.20 bits per heavy atom. The molecule has 2 aromatic carbocycles. The Balaban J connectivity index is 1.88. The van der Waals surface area contributed by atoms with Crippen LogP contribution in [0.1, 0.15) is 49.7 Å². The molecule has 0 amide bonds. The van der Waals surface area contributed by atoms with E-state index in [9.17, 15) is 18.3 Å². The number of ether oxygens (including phenoxy) is 1. The van der Waals surface area contributed by atoms with E-state index in [0.29, 0.717) is 18.4 Å². The SMILES string of the molecule is CC(C)c1nc(N(Cc2ccc(OC(F)(F)F)cc2)C(C)c2ccc(O)cc2)no1. The third-order valence-electron chi connectivity index (χ3n) is 4.53. The van der Waals surface area contributed by atoms with Gasteiger partial charge in [0.15, 0.2) is 0 Å². The van der Waals surface area contributed by atoms with Crippen molar-refractivity contribution in [1.29, 1.82) is 0 Å². The quantitative estimate of drug-likeness (QED) is 0.538. The highest BCUT2D eigenvalue weighted by atomic mass is 19.4.